The van der Waals surface area contributed by atoms with E-state index in [-0.39, 0.29) is 11.5 Å². The standard InChI is InChI=1S/C20H30N2O2/c1-21(2)15-7-9-20(24)18-11-14-5-6-16(23)12-17(14)19(20,13-15)8-4-10-22(18)3/h5-6,12,15,18,23-24H,4,7-11,13H2,1-3H3/t15-,18-,19-,20-/m1/s1. The molecule has 4 atom stereocenters. The number of phenolic OH excluding ortho intramolecular Hbond substituents is 1. The zero-order chi connectivity index (χ0) is 17.1. The molecule has 4 heteroatoms. The van der Waals surface area contributed by atoms with Crippen molar-refractivity contribution in [1.82, 2.24) is 9.80 Å². The molecule has 24 heavy (non-hydrogen) atoms. The summed E-state index contributed by atoms with van der Waals surface area (Å²) < 4.78 is 0. The lowest BCUT2D eigenvalue weighted by molar-refractivity contribution is -0.134. The summed E-state index contributed by atoms with van der Waals surface area (Å²) in [5, 5.41) is 22.2. The second kappa shape index (κ2) is 5.45. The van der Waals surface area contributed by atoms with Crippen molar-refractivity contribution in [3.63, 3.8) is 0 Å². The van der Waals surface area contributed by atoms with Crippen LogP contribution >= 0.6 is 0 Å². The van der Waals surface area contributed by atoms with E-state index in [0.717, 1.165) is 45.1 Å². The average molecular weight is 330 g/mol. The van der Waals surface area contributed by atoms with Gasteiger partial charge in [-0.15, -0.1) is 0 Å². The Hall–Kier alpha value is -1.10. The zero-order valence-electron chi connectivity index (χ0n) is 15.1. The fraction of sp³-hybridized carbons (Fsp3) is 0.700. The topological polar surface area (TPSA) is 46.9 Å². The molecule has 1 aliphatic heterocycles. The van der Waals surface area contributed by atoms with E-state index >= 15 is 0 Å². The van der Waals surface area contributed by atoms with Gasteiger partial charge in [0, 0.05) is 17.5 Å². The van der Waals surface area contributed by atoms with E-state index in [1.54, 1.807) is 6.07 Å². The molecule has 1 aromatic rings. The van der Waals surface area contributed by atoms with Crippen LogP contribution in [0.3, 0.4) is 0 Å². The van der Waals surface area contributed by atoms with E-state index in [1.165, 1.54) is 11.1 Å². The molecule has 2 bridgehead atoms. The smallest absolute Gasteiger partial charge is 0.115 e. The summed E-state index contributed by atoms with van der Waals surface area (Å²) in [4.78, 5) is 4.70. The summed E-state index contributed by atoms with van der Waals surface area (Å²) in [5.74, 6) is 0.327. The molecule has 2 N–H and O–H groups in total. The van der Waals surface area contributed by atoms with E-state index in [4.69, 9.17) is 0 Å². The van der Waals surface area contributed by atoms with Crippen LogP contribution in [-0.2, 0) is 11.8 Å². The summed E-state index contributed by atoms with van der Waals surface area (Å²) in [6, 6.07) is 6.50. The summed E-state index contributed by atoms with van der Waals surface area (Å²) in [7, 11) is 6.47. The molecule has 0 amide bonds. The summed E-state index contributed by atoms with van der Waals surface area (Å²) in [5.41, 5.74) is 1.60. The number of likely N-dealkylation sites (tertiary alicyclic amines) is 1. The maximum Gasteiger partial charge on any atom is 0.115 e. The molecule has 132 valence electrons. The van der Waals surface area contributed by atoms with Gasteiger partial charge in [0.1, 0.15) is 5.75 Å². The first-order valence-corrected chi connectivity index (χ1v) is 9.29. The molecule has 0 radical (unpaired) electrons. The SMILES string of the molecule is CN(C)[C@@H]1CC[C@@]2(O)[C@H]3Cc4ccc(O)cc4[C@@]2(CCCN3C)C1. The predicted molar refractivity (Wildman–Crippen MR) is 95.4 cm³/mol. The Morgan fingerprint density at radius 1 is 1.25 bits per heavy atom. The van der Waals surface area contributed by atoms with Gasteiger partial charge < -0.3 is 20.0 Å². The summed E-state index contributed by atoms with van der Waals surface area (Å²) in [6.45, 7) is 1.04. The number of hydrogen-bond acceptors (Lipinski definition) is 4. The van der Waals surface area contributed by atoms with Crippen LogP contribution in [0.4, 0.5) is 0 Å². The number of likely N-dealkylation sites (N-methyl/N-ethyl adjacent to an activating group) is 1. The molecule has 0 aromatic heterocycles. The average Bonchev–Trinajstić information content (AvgIpc) is 2.60. The number of phenols is 1. The van der Waals surface area contributed by atoms with Gasteiger partial charge in [-0.25, -0.2) is 0 Å². The Kier molecular flexibility index (Phi) is 3.72. The zero-order valence-corrected chi connectivity index (χ0v) is 15.1. The van der Waals surface area contributed by atoms with Gasteiger partial charge in [0.25, 0.3) is 0 Å². The first-order chi connectivity index (χ1) is 11.4. The fourth-order valence-corrected chi connectivity index (χ4v) is 5.90. The van der Waals surface area contributed by atoms with Gasteiger partial charge in [0.2, 0.25) is 0 Å². The summed E-state index contributed by atoms with van der Waals surface area (Å²) in [6.07, 6.45) is 5.87. The second-order valence-electron chi connectivity index (χ2n) is 8.51. The molecular weight excluding hydrogens is 300 g/mol. The van der Waals surface area contributed by atoms with Crippen LogP contribution in [0.2, 0.25) is 0 Å². The van der Waals surface area contributed by atoms with E-state index in [9.17, 15) is 10.2 Å². The van der Waals surface area contributed by atoms with Gasteiger partial charge in [0.05, 0.1) is 5.60 Å². The highest BCUT2D eigenvalue weighted by Crippen LogP contribution is 2.58. The van der Waals surface area contributed by atoms with Crippen LogP contribution in [-0.4, -0.2) is 65.4 Å². The molecule has 2 aliphatic carbocycles. The first kappa shape index (κ1) is 16.4. The molecule has 1 heterocycles. The largest absolute Gasteiger partial charge is 0.508 e. The number of rotatable bonds is 1. The number of benzene rings is 1. The Morgan fingerprint density at radius 2 is 2.04 bits per heavy atom. The molecule has 3 aliphatic rings. The minimum absolute atomic E-state index is 0.181. The Morgan fingerprint density at radius 3 is 2.79 bits per heavy atom. The Balaban J connectivity index is 1.93. The molecule has 4 nitrogen and oxygen atoms in total. The minimum atomic E-state index is -0.689. The van der Waals surface area contributed by atoms with Gasteiger partial charge in [-0.2, -0.15) is 0 Å². The normalized spacial score (nSPS) is 39.2. The molecule has 0 unspecified atom stereocenters. The molecule has 0 spiro atoms. The van der Waals surface area contributed by atoms with Gasteiger partial charge >= 0.3 is 0 Å². The quantitative estimate of drug-likeness (QED) is 0.828. The third-order valence-electron chi connectivity index (χ3n) is 7.22. The highest BCUT2D eigenvalue weighted by molar-refractivity contribution is 5.47. The number of fused-ring (bicyclic) bond motifs is 1. The lowest BCUT2D eigenvalue weighted by Crippen LogP contribution is -2.68. The lowest BCUT2D eigenvalue weighted by atomic mass is 9.50. The third kappa shape index (κ3) is 2.09. The Bertz CT molecular complexity index is 647. The lowest BCUT2D eigenvalue weighted by Gasteiger charge is -2.60. The van der Waals surface area contributed by atoms with Crippen molar-refractivity contribution in [1.29, 1.82) is 0 Å². The molecule has 1 saturated heterocycles. The predicted octanol–water partition coefficient (Wildman–Crippen LogP) is 2.13. The maximum atomic E-state index is 12.0. The molecule has 1 aromatic carbocycles. The monoisotopic (exact) mass is 330 g/mol. The number of aromatic hydroxyl groups is 1. The van der Waals surface area contributed by atoms with Gasteiger partial charge in [-0.05, 0) is 89.5 Å². The van der Waals surface area contributed by atoms with Crippen LogP contribution in [0, 0.1) is 0 Å². The van der Waals surface area contributed by atoms with Crippen molar-refractivity contribution < 1.29 is 10.2 Å². The molecule has 4 rings (SSSR count). The van der Waals surface area contributed by atoms with Crippen molar-refractivity contribution in [3.8, 4) is 5.75 Å². The second-order valence-corrected chi connectivity index (χ2v) is 8.51. The van der Waals surface area contributed by atoms with E-state index < -0.39 is 5.60 Å². The molecule has 1 saturated carbocycles. The third-order valence-corrected chi connectivity index (χ3v) is 7.22. The van der Waals surface area contributed by atoms with Crippen LogP contribution in [0.15, 0.2) is 18.2 Å². The van der Waals surface area contributed by atoms with Crippen molar-refractivity contribution in [2.24, 2.45) is 0 Å². The van der Waals surface area contributed by atoms with Crippen LogP contribution < -0.4 is 0 Å². The highest BCUT2D eigenvalue weighted by Gasteiger charge is 2.62. The highest BCUT2D eigenvalue weighted by atomic mass is 16.3. The van der Waals surface area contributed by atoms with E-state index in [2.05, 4.69) is 37.0 Å². The van der Waals surface area contributed by atoms with Crippen LogP contribution in [0.1, 0.15) is 43.2 Å². The summed E-state index contributed by atoms with van der Waals surface area (Å²) >= 11 is 0. The van der Waals surface area contributed by atoms with Gasteiger partial charge in [-0.3, -0.25) is 0 Å². The van der Waals surface area contributed by atoms with E-state index in [0.29, 0.717) is 11.8 Å². The minimum Gasteiger partial charge on any atom is -0.508 e. The van der Waals surface area contributed by atoms with Crippen molar-refractivity contribution >= 4 is 0 Å². The fourth-order valence-electron chi connectivity index (χ4n) is 5.90. The van der Waals surface area contributed by atoms with Crippen molar-refractivity contribution in [2.45, 2.75) is 61.6 Å². The Labute approximate surface area is 145 Å². The van der Waals surface area contributed by atoms with Crippen molar-refractivity contribution in [2.75, 3.05) is 27.7 Å². The number of nitrogens with zero attached hydrogens (tertiary/aromatic N) is 2. The van der Waals surface area contributed by atoms with Crippen LogP contribution in [0.5, 0.6) is 5.75 Å². The number of hydrogen-bond donors (Lipinski definition) is 2. The maximum absolute atomic E-state index is 12.0. The molecular formula is C20H30N2O2. The van der Waals surface area contributed by atoms with Crippen LogP contribution in [0.25, 0.3) is 0 Å². The van der Waals surface area contributed by atoms with Gasteiger partial charge in [0.15, 0.2) is 0 Å². The first-order valence-electron chi connectivity index (χ1n) is 9.29. The van der Waals surface area contributed by atoms with Crippen molar-refractivity contribution in [3.05, 3.63) is 29.3 Å². The molecule has 2 fully saturated rings. The van der Waals surface area contributed by atoms with E-state index in [1.807, 2.05) is 6.07 Å². The van der Waals surface area contributed by atoms with Gasteiger partial charge in [-0.1, -0.05) is 6.07 Å². The number of aliphatic hydroxyl groups is 1.